The molecule has 2 aromatic rings. The summed E-state index contributed by atoms with van der Waals surface area (Å²) in [6.07, 6.45) is 8.65. The SMILES string of the molecule is c1csc(-c2ccc(CNC34CC5CC(CC(C5)C3)C4)nn2)c1. The lowest BCUT2D eigenvalue weighted by Gasteiger charge is -2.57. The van der Waals surface area contributed by atoms with Gasteiger partial charge >= 0.3 is 0 Å². The molecule has 4 fully saturated rings. The minimum absolute atomic E-state index is 0.406. The van der Waals surface area contributed by atoms with Gasteiger partial charge in [0.25, 0.3) is 0 Å². The van der Waals surface area contributed by atoms with Crippen molar-refractivity contribution in [3.63, 3.8) is 0 Å². The van der Waals surface area contributed by atoms with Gasteiger partial charge in [0, 0.05) is 12.1 Å². The molecule has 0 radical (unpaired) electrons. The highest BCUT2D eigenvalue weighted by Gasteiger charge is 2.50. The molecule has 1 N–H and O–H groups in total. The fourth-order valence-corrected chi connectivity index (χ4v) is 6.31. The fraction of sp³-hybridized carbons (Fsp3) is 0.579. The third-order valence-electron chi connectivity index (χ3n) is 6.18. The third-order valence-corrected chi connectivity index (χ3v) is 7.07. The van der Waals surface area contributed by atoms with Gasteiger partial charge < -0.3 is 5.32 Å². The first kappa shape index (κ1) is 14.1. The quantitative estimate of drug-likeness (QED) is 0.912. The topological polar surface area (TPSA) is 37.8 Å². The van der Waals surface area contributed by atoms with Gasteiger partial charge in [-0.2, -0.15) is 5.10 Å². The Morgan fingerprint density at radius 1 is 1.00 bits per heavy atom. The zero-order valence-corrected chi connectivity index (χ0v) is 14.2. The largest absolute Gasteiger partial charge is 0.306 e. The second-order valence-corrected chi connectivity index (χ2v) is 8.89. The third kappa shape index (κ3) is 2.62. The van der Waals surface area contributed by atoms with Crippen LogP contribution in [0.15, 0.2) is 29.6 Å². The summed E-state index contributed by atoms with van der Waals surface area (Å²) < 4.78 is 0. The highest BCUT2D eigenvalue weighted by atomic mass is 32.1. The number of nitrogens with one attached hydrogen (secondary N) is 1. The Balaban J connectivity index is 1.28. The molecular weight excluding hydrogens is 302 g/mol. The van der Waals surface area contributed by atoms with Crippen LogP contribution in [0.2, 0.25) is 0 Å². The van der Waals surface area contributed by atoms with E-state index >= 15 is 0 Å². The average Bonchev–Trinajstić information content (AvgIpc) is 3.07. The van der Waals surface area contributed by atoms with Crippen molar-refractivity contribution in [2.45, 2.75) is 50.6 Å². The van der Waals surface area contributed by atoms with Crippen molar-refractivity contribution in [1.82, 2.24) is 15.5 Å². The Kier molecular flexibility index (Phi) is 3.30. The van der Waals surface area contributed by atoms with E-state index in [4.69, 9.17) is 0 Å². The monoisotopic (exact) mass is 325 g/mol. The first-order chi connectivity index (χ1) is 11.3. The van der Waals surface area contributed by atoms with E-state index in [0.717, 1.165) is 35.7 Å². The lowest BCUT2D eigenvalue weighted by Crippen LogP contribution is -2.58. The average molecular weight is 325 g/mol. The number of hydrogen-bond donors (Lipinski definition) is 1. The van der Waals surface area contributed by atoms with Crippen molar-refractivity contribution in [2.75, 3.05) is 0 Å². The van der Waals surface area contributed by atoms with E-state index in [1.54, 1.807) is 11.3 Å². The van der Waals surface area contributed by atoms with Crippen LogP contribution in [0.25, 0.3) is 10.6 Å². The standard InChI is InChI=1S/C19H23N3S/c1-2-18(23-5-1)17-4-3-16(21-22-17)12-20-19-9-13-6-14(10-19)8-15(7-13)11-19/h1-5,13-15,20H,6-12H2. The van der Waals surface area contributed by atoms with E-state index in [2.05, 4.69) is 45.2 Å². The molecule has 6 rings (SSSR count). The predicted octanol–water partition coefficient (Wildman–Crippen LogP) is 4.26. The number of rotatable bonds is 4. The van der Waals surface area contributed by atoms with Gasteiger partial charge in [0.15, 0.2) is 0 Å². The summed E-state index contributed by atoms with van der Waals surface area (Å²) in [5, 5.41) is 14.8. The van der Waals surface area contributed by atoms with Crippen molar-refractivity contribution >= 4 is 11.3 Å². The zero-order chi connectivity index (χ0) is 15.3. The summed E-state index contributed by atoms with van der Waals surface area (Å²) in [6, 6.07) is 8.40. The molecule has 4 saturated carbocycles. The van der Waals surface area contributed by atoms with Crippen LogP contribution in [0.4, 0.5) is 0 Å². The Labute approximate surface area is 141 Å². The maximum Gasteiger partial charge on any atom is 0.103 e. The number of aromatic nitrogens is 2. The van der Waals surface area contributed by atoms with Crippen molar-refractivity contribution < 1.29 is 0 Å². The van der Waals surface area contributed by atoms with Gasteiger partial charge in [-0.15, -0.1) is 16.4 Å². The summed E-state index contributed by atoms with van der Waals surface area (Å²) in [7, 11) is 0. The molecule has 4 aliphatic rings. The molecular formula is C19H23N3S. The Hall–Kier alpha value is -1.26. The van der Waals surface area contributed by atoms with E-state index in [1.807, 2.05) is 0 Å². The van der Waals surface area contributed by atoms with Crippen molar-refractivity contribution in [3.05, 3.63) is 35.3 Å². The van der Waals surface area contributed by atoms with Crippen LogP contribution in [0.3, 0.4) is 0 Å². The lowest BCUT2D eigenvalue weighted by molar-refractivity contribution is -0.0207. The van der Waals surface area contributed by atoms with Crippen LogP contribution in [0.1, 0.15) is 44.2 Å². The first-order valence-corrected chi connectivity index (χ1v) is 9.77. The molecule has 3 nitrogen and oxygen atoms in total. The highest BCUT2D eigenvalue weighted by molar-refractivity contribution is 7.13. The summed E-state index contributed by atoms with van der Waals surface area (Å²) in [4.78, 5) is 1.19. The van der Waals surface area contributed by atoms with Crippen LogP contribution in [-0.4, -0.2) is 15.7 Å². The Morgan fingerprint density at radius 2 is 1.74 bits per heavy atom. The van der Waals surface area contributed by atoms with E-state index in [0.29, 0.717) is 5.54 Å². The van der Waals surface area contributed by atoms with Crippen LogP contribution < -0.4 is 5.32 Å². The van der Waals surface area contributed by atoms with Gasteiger partial charge in [0.1, 0.15) is 5.69 Å². The second kappa shape index (κ2) is 5.38. The molecule has 0 aromatic carbocycles. The van der Waals surface area contributed by atoms with E-state index in [-0.39, 0.29) is 0 Å². The van der Waals surface area contributed by atoms with Crippen molar-refractivity contribution in [3.8, 4) is 10.6 Å². The normalized spacial score (nSPS) is 34.9. The summed E-state index contributed by atoms with van der Waals surface area (Å²) >= 11 is 1.72. The van der Waals surface area contributed by atoms with Gasteiger partial charge in [-0.3, -0.25) is 0 Å². The second-order valence-electron chi connectivity index (χ2n) is 7.94. The Bertz CT molecular complexity index is 642. The smallest absolute Gasteiger partial charge is 0.103 e. The zero-order valence-electron chi connectivity index (χ0n) is 13.4. The molecule has 0 atom stereocenters. The number of nitrogens with zero attached hydrogens (tertiary/aromatic N) is 2. The maximum absolute atomic E-state index is 4.45. The molecule has 2 heterocycles. The van der Waals surface area contributed by atoms with E-state index < -0.39 is 0 Å². The molecule has 0 amide bonds. The van der Waals surface area contributed by atoms with E-state index in [1.165, 1.54) is 43.4 Å². The van der Waals surface area contributed by atoms with E-state index in [9.17, 15) is 0 Å². The molecule has 120 valence electrons. The van der Waals surface area contributed by atoms with Gasteiger partial charge in [0.05, 0.1) is 10.6 Å². The van der Waals surface area contributed by atoms with Crippen LogP contribution >= 0.6 is 11.3 Å². The Morgan fingerprint density at radius 3 is 2.30 bits per heavy atom. The summed E-state index contributed by atoms with van der Waals surface area (Å²) in [5.74, 6) is 2.96. The molecule has 0 unspecified atom stereocenters. The van der Waals surface area contributed by atoms with Crippen LogP contribution in [-0.2, 0) is 6.54 Å². The molecule has 2 aromatic heterocycles. The van der Waals surface area contributed by atoms with Gasteiger partial charge in [-0.05, 0) is 79.9 Å². The van der Waals surface area contributed by atoms with Crippen molar-refractivity contribution in [1.29, 1.82) is 0 Å². The van der Waals surface area contributed by atoms with Gasteiger partial charge in [0.2, 0.25) is 0 Å². The fourth-order valence-electron chi connectivity index (χ4n) is 5.62. The number of thiophene rings is 1. The number of hydrogen-bond acceptors (Lipinski definition) is 4. The maximum atomic E-state index is 4.45. The molecule has 23 heavy (non-hydrogen) atoms. The first-order valence-electron chi connectivity index (χ1n) is 8.90. The molecule has 0 aliphatic heterocycles. The minimum Gasteiger partial charge on any atom is -0.306 e. The van der Waals surface area contributed by atoms with Crippen LogP contribution in [0.5, 0.6) is 0 Å². The van der Waals surface area contributed by atoms with Crippen LogP contribution in [0, 0.1) is 17.8 Å². The molecule has 4 bridgehead atoms. The molecule has 4 aliphatic carbocycles. The predicted molar refractivity (Wildman–Crippen MR) is 93.1 cm³/mol. The van der Waals surface area contributed by atoms with Gasteiger partial charge in [-0.25, -0.2) is 0 Å². The highest BCUT2D eigenvalue weighted by Crippen LogP contribution is 2.55. The summed E-state index contributed by atoms with van der Waals surface area (Å²) in [5.41, 5.74) is 2.46. The minimum atomic E-state index is 0.406. The van der Waals surface area contributed by atoms with Crippen molar-refractivity contribution in [2.24, 2.45) is 17.8 Å². The molecule has 0 spiro atoms. The molecule has 0 saturated heterocycles. The lowest BCUT2D eigenvalue weighted by atomic mass is 9.53. The van der Waals surface area contributed by atoms with Gasteiger partial charge in [-0.1, -0.05) is 6.07 Å². The summed E-state index contributed by atoms with van der Waals surface area (Å²) in [6.45, 7) is 0.865. The molecule has 4 heteroatoms.